The van der Waals surface area contributed by atoms with Crippen LogP contribution in [0, 0.1) is 0 Å². The highest BCUT2D eigenvalue weighted by atomic mass is 32.1. The number of nitrogens with two attached hydrogens (primary N) is 1. The van der Waals surface area contributed by atoms with E-state index in [1.54, 1.807) is 0 Å². The second-order valence-electron chi connectivity index (χ2n) is 3.79. The van der Waals surface area contributed by atoms with Crippen LogP contribution < -0.4 is 16.4 Å². The lowest BCUT2D eigenvalue weighted by Gasteiger charge is -2.16. The van der Waals surface area contributed by atoms with Crippen molar-refractivity contribution in [2.75, 3.05) is 19.3 Å². The van der Waals surface area contributed by atoms with Crippen molar-refractivity contribution in [2.24, 2.45) is 5.73 Å². The Bertz CT molecular complexity index is 251. The van der Waals surface area contributed by atoms with Gasteiger partial charge in [0.2, 0.25) is 5.91 Å². The summed E-state index contributed by atoms with van der Waals surface area (Å²) < 4.78 is 0. The van der Waals surface area contributed by atoms with E-state index in [2.05, 4.69) is 23.3 Å². The van der Waals surface area contributed by atoms with Gasteiger partial charge in [-0.25, -0.2) is 4.79 Å². The Hall–Kier alpha value is -0.790. The molecule has 0 bridgehead atoms. The smallest absolute Gasteiger partial charge is 0.326 e. The zero-order chi connectivity index (χ0) is 13.3. The standard InChI is InChI=1S/C10H21N3O3S/c1-12-5-3-2-4-8(10(15)16)13-9(14)7(11)6-17/h7-8,12,17H,2-6,11H2,1H3,(H,13,14)(H,15,16)/t7-,8-/m0/s1. The molecule has 0 aromatic rings. The molecule has 0 aliphatic rings. The summed E-state index contributed by atoms with van der Waals surface area (Å²) in [6.07, 6.45) is 2.00. The highest BCUT2D eigenvalue weighted by Gasteiger charge is 2.21. The molecule has 17 heavy (non-hydrogen) atoms. The largest absolute Gasteiger partial charge is 0.480 e. The summed E-state index contributed by atoms with van der Waals surface area (Å²) in [5, 5.41) is 14.3. The maximum Gasteiger partial charge on any atom is 0.326 e. The van der Waals surface area contributed by atoms with Crippen LogP contribution in [0.2, 0.25) is 0 Å². The monoisotopic (exact) mass is 263 g/mol. The number of nitrogens with one attached hydrogen (secondary N) is 2. The minimum absolute atomic E-state index is 0.192. The van der Waals surface area contributed by atoms with E-state index < -0.39 is 24.0 Å². The van der Waals surface area contributed by atoms with Gasteiger partial charge in [-0.05, 0) is 32.9 Å². The maximum absolute atomic E-state index is 11.4. The second-order valence-corrected chi connectivity index (χ2v) is 4.15. The molecule has 0 saturated heterocycles. The molecule has 100 valence electrons. The first kappa shape index (κ1) is 16.2. The van der Waals surface area contributed by atoms with Crippen molar-refractivity contribution in [2.45, 2.75) is 31.3 Å². The van der Waals surface area contributed by atoms with Crippen LogP contribution in [0.1, 0.15) is 19.3 Å². The number of carbonyl (C=O) groups is 2. The molecule has 7 heteroatoms. The summed E-state index contributed by atoms with van der Waals surface area (Å²) in [5.74, 6) is -1.31. The van der Waals surface area contributed by atoms with Gasteiger partial charge in [0, 0.05) is 5.75 Å². The molecule has 5 N–H and O–H groups in total. The van der Waals surface area contributed by atoms with E-state index in [0.717, 1.165) is 19.4 Å². The molecular weight excluding hydrogens is 242 g/mol. The second kappa shape index (κ2) is 9.26. The van der Waals surface area contributed by atoms with Gasteiger partial charge in [-0.15, -0.1) is 0 Å². The number of aliphatic carboxylic acids is 1. The van der Waals surface area contributed by atoms with Gasteiger partial charge in [0.1, 0.15) is 6.04 Å². The van der Waals surface area contributed by atoms with Crippen LogP contribution in [0.15, 0.2) is 0 Å². The summed E-state index contributed by atoms with van der Waals surface area (Å²) >= 11 is 3.89. The molecule has 1 amide bonds. The van der Waals surface area contributed by atoms with Crippen LogP contribution in [0.25, 0.3) is 0 Å². The van der Waals surface area contributed by atoms with E-state index in [4.69, 9.17) is 10.8 Å². The normalized spacial score (nSPS) is 14.1. The van der Waals surface area contributed by atoms with Crippen molar-refractivity contribution < 1.29 is 14.7 Å². The van der Waals surface area contributed by atoms with Gasteiger partial charge in [-0.2, -0.15) is 12.6 Å². The van der Waals surface area contributed by atoms with Crippen LogP contribution in [0.3, 0.4) is 0 Å². The number of hydrogen-bond acceptors (Lipinski definition) is 5. The molecule has 0 aromatic carbocycles. The Kier molecular flexibility index (Phi) is 8.83. The van der Waals surface area contributed by atoms with Gasteiger partial charge in [0.25, 0.3) is 0 Å². The molecule has 0 radical (unpaired) electrons. The van der Waals surface area contributed by atoms with Crippen molar-refractivity contribution in [1.82, 2.24) is 10.6 Å². The summed E-state index contributed by atoms with van der Waals surface area (Å²) in [6.45, 7) is 0.830. The number of thiol groups is 1. The molecule has 0 rings (SSSR count). The average Bonchev–Trinajstić information content (AvgIpc) is 2.31. The molecular formula is C10H21N3O3S. The number of carboxylic acids is 1. The molecule has 0 aliphatic carbocycles. The topological polar surface area (TPSA) is 104 Å². The van der Waals surface area contributed by atoms with Crippen LogP contribution in [-0.4, -0.2) is 48.4 Å². The molecule has 0 fully saturated rings. The van der Waals surface area contributed by atoms with E-state index >= 15 is 0 Å². The number of carboxylic acid groups (broad SMARTS) is 1. The number of unbranched alkanes of at least 4 members (excludes halogenated alkanes) is 1. The van der Waals surface area contributed by atoms with Gasteiger partial charge < -0.3 is 21.5 Å². The van der Waals surface area contributed by atoms with Crippen molar-refractivity contribution in [3.8, 4) is 0 Å². The Labute approximate surface area is 107 Å². The zero-order valence-electron chi connectivity index (χ0n) is 9.98. The third-order valence-electron chi connectivity index (χ3n) is 2.32. The van der Waals surface area contributed by atoms with E-state index in [1.807, 2.05) is 7.05 Å². The van der Waals surface area contributed by atoms with Crippen molar-refractivity contribution >= 4 is 24.5 Å². The van der Waals surface area contributed by atoms with Gasteiger partial charge in [-0.1, -0.05) is 0 Å². The Morgan fingerprint density at radius 3 is 2.53 bits per heavy atom. The predicted octanol–water partition coefficient (Wildman–Crippen LogP) is -0.797. The lowest BCUT2D eigenvalue weighted by Crippen LogP contribution is -2.49. The first-order valence-electron chi connectivity index (χ1n) is 5.57. The van der Waals surface area contributed by atoms with E-state index in [0.29, 0.717) is 6.42 Å². The van der Waals surface area contributed by atoms with Gasteiger partial charge in [0.05, 0.1) is 6.04 Å². The van der Waals surface area contributed by atoms with E-state index in [-0.39, 0.29) is 5.75 Å². The molecule has 0 saturated carbocycles. The minimum Gasteiger partial charge on any atom is -0.480 e. The number of hydrogen-bond donors (Lipinski definition) is 5. The quantitative estimate of drug-likeness (QED) is 0.277. The Morgan fingerprint density at radius 2 is 2.06 bits per heavy atom. The zero-order valence-corrected chi connectivity index (χ0v) is 10.9. The first-order chi connectivity index (χ1) is 8.02. The fourth-order valence-electron chi connectivity index (χ4n) is 1.27. The summed E-state index contributed by atoms with van der Waals surface area (Å²) in [7, 11) is 1.84. The molecule has 0 spiro atoms. The van der Waals surface area contributed by atoms with Crippen molar-refractivity contribution in [1.29, 1.82) is 0 Å². The molecule has 0 heterocycles. The van der Waals surface area contributed by atoms with Crippen LogP contribution in [-0.2, 0) is 9.59 Å². The van der Waals surface area contributed by atoms with E-state index in [9.17, 15) is 9.59 Å². The number of carbonyl (C=O) groups excluding carboxylic acids is 1. The first-order valence-corrected chi connectivity index (χ1v) is 6.20. The fourth-order valence-corrected chi connectivity index (χ4v) is 1.44. The van der Waals surface area contributed by atoms with E-state index in [1.165, 1.54) is 0 Å². The van der Waals surface area contributed by atoms with Crippen molar-refractivity contribution in [3.05, 3.63) is 0 Å². The lowest BCUT2D eigenvalue weighted by molar-refractivity contribution is -0.142. The van der Waals surface area contributed by atoms with Gasteiger partial charge >= 0.3 is 5.97 Å². The average molecular weight is 263 g/mol. The van der Waals surface area contributed by atoms with Crippen molar-refractivity contribution in [3.63, 3.8) is 0 Å². The highest BCUT2D eigenvalue weighted by Crippen LogP contribution is 2.01. The summed E-state index contributed by atoms with van der Waals surface area (Å²) in [5.41, 5.74) is 5.45. The third-order valence-corrected chi connectivity index (χ3v) is 2.71. The summed E-state index contributed by atoms with van der Waals surface area (Å²) in [6, 6.07) is -1.64. The molecule has 0 aromatic heterocycles. The Balaban J connectivity index is 4.07. The number of rotatable bonds is 9. The SMILES string of the molecule is CNCCCC[C@H](NC(=O)[C@@H](N)CS)C(=O)O. The highest BCUT2D eigenvalue weighted by molar-refractivity contribution is 7.80. The predicted molar refractivity (Wildman–Crippen MR) is 69.2 cm³/mol. The third kappa shape index (κ3) is 7.19. The van der Waals surface area contributed by atoms with Gasteiger partial charge in [0.15, 0.2) is 0 Å². The molecule has 6 nitrogen and oxygen atoms in total. The van der Waals surface area contributed by atoms with Gasteiger partial charge in [-0.3, -0.25) is 4.79 Å². The maximum atomic E-state index is 11.4. The summed E-state index contributed by atoms with van der Waals surface area (Å²) in [4.78, 5) is 22.3. The molecule has 0 unspecified atom stereocenters. The molecule has 2 atom stereocenters. The fraction of sp³-hybridized carbons (Fsp3) is 0.800. The van der Waals surface area contributed by atoms with Crippen LogP contribution in [0.5, 0.6) is 0 Å². The molecule has 0 aliphatic heterocycles. The lowest BCUT2D eigenvalue weighted by atomic mass is 10.1. The minimum atomic E-state index is -1.03. The van der Waals surface area contributed by atoms with Crippen LogP contribution in [0.4, 0.5) is 0 Å². The number of amides is 1. The Morgan fingerprint density at radius 1 is 1.41 bits per heavy atom. The van der Waals surface area contributed by atoms with Crippen LogP contribution >= 0.6 is 12.6 Å².